The Morgan fingerprint density at radius 2 is 1.15 bits per heavy atom. The third-order valence-electron chi connectivity index (χ3n) is 4.98. The monoisotopic (exact) mass is 478 g/mol. The third kappa shape index (κ3) is 20.7. The van der Waals surface area contributed by atoms with Crippen LogP contribution in [0, 0.1) is 0 Å². The molecule has 33 heavy (non-hydrogen) atoms. The van der Waals surface area contributed by atoms with Gasteiger partial charge in [0, 0.05) is 12.8 Å². The fraction of sp³-hybridized carbons (Fsp3) is 0.870. The van der Waals surface area contributed by atoms with Crippen LogP contribution in [0.5, 0.6) is 0 Å². The number of aliphatic carboxylic acids is 1. The summed E-state index contributed by atoms with van der Waals surface area (Å²) in [5, 5.41) is 35.5. The molecule has 0 aliphatic heterocycles. The zero-order valence-corrected chi connectivity index (χ0v) is 20.7. The van der Waals surface area contributed by atoms with Crippen LogP contribution >= 0.6 is 0 Å². The second-order valence-electron chi connectivity index (χ2n) is 8.25. The molecule has 0 bridgehead atoms. The van der Waals surface area contributed by atoms with Gasteiger partial charge in [0.15, 0.2) is 0 Å². The van der Waals surface area contributed by atoms with Gasteiger partial charge in [-0.3, -0.25) is 14.4 Å². The third-order valence-corrected chi connectivity index (χ3v) is 4.98. The van der Waals surface area contributed by atoms with Crippen molar-refractivity contribution in [2.75, 3.05) is 0 Å². The van der Waals surface area contributed by atoms with Gasteiger partial charge in [-0.05, 0) is 33.6 Å². The minimum absolute atomic E-state index is 0.0283. The van der Waals surface area contributed by atoms with Crippen LogP contribution in [0.2, 0.25) is 0 Å². The lowest BCUT2D eigenvalue weighted by Crippen LogP contribution is -2.45. The Morgan fingerprint density at radius 1 is 0.758 bits per heavy atom. The molecule has 3 unspecified atom stereocenters. The number of unbranched alkanes of at least 4 members (excludes halogenated alkanes) is 8. The highest BCUT2D eigenvalue weighted by Gasteiger charge is 2.20. The Kier molecular flexibility index (Phi) is 21.3. The minimum atomic E-state index is -1.17. The van der Waals surface area contributed by atoms with E-state index in [4.69, 9.17) is 26.2 Å². The molecule has 196 valence electrons. The first-order valence-electron chi connectivity index (χ1n) is 12.0. The standard InChI is InChI=1S/C17H31NO5.C6H15NO3/c1-2-3-4-5-6-7-8-9-10-11-15(19)23-16(20)13-12-14(18)17(21)22;1-4(8)7(5(2)9)6(3)10/h14H,2-13,18H2,1H3,(H,21,22);4-6,8-10H,1-3H3/t14-;/m0./s1. The minimum Gasteiger partial charge on any atom is -0.480 e. The number of rotatable bonds is 17. The molecule has 0 radical (unpaired) electrons. The number of hydrogen-bond donors (Lipinski definition) is 5. The van der Waals surface area contributed by atoms with Crippen LogP contribution in [0.25, 0.3) is 0 Å². The molecule has 0 rings (SSSR count). The van der Waals surface area contributed by atoms with Crippen LogP contribution < -0.4 is 5.73 Å². The van der Waals surface area contributed by atoms with E-state index in [-0.39, 0.29) is 19.3 Å². The van der Waals surface area contributed by atoms with Crippen LogP contribution in [-0.2, 0) is 19.1 Å². The molecule has 0 spiro atoms. The van der Waals surface area contributed by atoms with E-state index in [1.54, 1.807) is 0 Å². The summed E-state index contributed by atoms with van der Waals surface area (Å²) in [6.45, 7) is 6.66. The van der Waals surface area contributed by atoms with E-state index in [0.717, 1.165) is 19.3 Å². The number of ether oxygens (including phenoxy) is 1. The van der Waals surface area contributed by atoms with Crippen molar-refractivity contribution in [3.8, 4) is 0 Å². The van der Waals surface area contributed by atoms with Crippen molar-refractivity contribution >= 4 is 17.9 Å². The topological polar surface area (TPSA) is 171 Å². The highest BCUT2D eigenvalue weighted by molar-refractivity contribution is 5.85. The van der Waals surface area contributed by atoms with E-state index < -0.39 is 42.6 Å². The summed E-state index contributed by atoms with van der Waals surface area (Å²) in [5.74, 6) is -2.41. The Hall–Kier alpha value is -1.59. The van der Waals surface area contributed by atoms with Gasteiger partial charge in [0.1, 0.15) is 24.7 Å². The molecule has 10 nitrogen and oxygen atoms in total. The van der Waals surface area contributed by atoms with E-state index >= 15 is 0 Å². The normalized spacial score (nSPS) is 14.6. The Bertz CT molecular complexity index is 508. The number of carboxylic acids is 1. The van der Waals surface area contributed by atoms with Gasteiger partial charge in [-0.2, -0.15) is 0 Å². The predicted molar refractivity (Wildman–Crippen MR) is 125 cm³/mol. The van der Waals surface area contributed by atoms with Gasteiger partial charge < -0.3 is 30.9 Å². The second-order valence-corrected chi connectivity index (χ2v) is 8.25. The van der Waals surface area contributed by atoms with Gasteiger partial charge >= 0.3 is 17.9 Å². The van der Waals surface area contributed by atoms with Crippen LogP contribution in [0.15, 0.2) is 0 Å². The van der Waals surface area contributed by atoms with Crippen molar-refractivity contribution in [2.45, 2.75) is 129 Å². The predicted octanol–water partition coefficient (Wildman–Crippen LogP) is 2.47. The summed E-state index contributed by atoms with van der Waals surface area (Å²) in [5.41, 5.74) is 5.27. The van der Waals surface area contributed by atoms with Gasteiger partial charge in [0.25, 0.3) is 0 Å². The molecular weight excluding hydrogens is 432 g/mol. The maximum Gasteiger partial charge on any atom is 0.320 e. The van der Waals surface area contributed by atoms with Crippen molar-refractivity contribution < 1.29 is 39.5 Å². The average Bonchev–Trinajstić information content (AvgIpc) is 2.70. The molecule has 0 aliphatic rings. The largest absolute Gasteiger partial charge is 0.480 e. The molecule has 0 amide bonds. The number of aliphatic hydroxyl groups excluding tert-OH is 3. The first-order valence-corrected chi connectivity index (χ1v) is 12.0. The quantitative estimate of drug-likeness (QED) is 0.0905. The van der Waals surface area contributed by atoms with Gasteiger partial charge in [0.2, 0.25) is 0 Å². The van der Waals surface area contributed by atoms with Crippen molar-refractivity contribution in [2.24, 2.45) is 5.73 Å². The zero-order chi connectivity index (χ0) is 25.8. The fourth-order valence-electron chi connectivity index (χ4n) is 3.14. The lowest BCUT2D eigenvalue weighted by molar-refractivity contribution is -0.160. The Balaban J connectivity index is 0. The van der Waals surface area contributed by atoms with Gasteiger partial charge in [-0.25, -0.2) is 4.90 Å². The molecule has 0 fully saturated rings. The average molecular weight is 479 g/mol. The molecule has 0 aromatic heterocycles. The van der Waals surface area contributed by atoms with Gasteiger partial charge in [-0.1, -0.05) is 58.3 Å². The maximum absolute atomic E-state index is 11.4. The number of esters is 2. The first-order chi connectivity index (χ1) is 15.4. The van der Waals surface area contributed by atoms with Crippen LogP contribution in [0.4, 0.5) is 0 Å². The maximum atomic E-state index is 11.4. The summed E-state index contributed by atoms with van der Waals surface area (Å²) < 4.78 is 4.63. The highest BCUT2D eigenvalue weighted by atomic mass is 16.6. The number of hydrogen-bond acceptors (Lipinski definition) is 9. The van der Waals surface area contributed by atoms with E-state index in [2.05, 4.69) is 11.7 Å². The number of aliphatic hydroxyl groups is 3. The first kappa shape index (κ1) is 33.6. The molecule has 0 aliphatic carbocycles. The van der Waals surface area contributed by atoms with Crippen LogP contribution in [0.3, 0.4) is 0 Å². The molecule has 0 saturated carbocycles. The van der Waals surface area contributed by atoms with E-state index in [9.17, 15) is 14.4 Å². The Labute approximate surface area is 198 Å². The molecule has 0 heterocycles. The summed E-state index contributed by atoms with van der Waals surface area (Å²) in [6, 6.07) is -1.10. The Morgan fingerprint density at radius 3 is 1.52 bits per heavy atom. The summed E-state index contributed by atoms with van der Waals surface area (Å²) in [7, 11) is 0. The molecular formula is C23H46N2O8. The fourth-order valence-corrected chi connectivity index (χ4v) is 3.14. The van der Waals surface area contributed by atoms with Crippen molar-refractivity contribution in [3.63, 3.8) is 0 Å². The molecule has 0 aromatic carbocycles. The second kappa shape index (κ2) is 21.0. The van der Waals surface area contributed by atoms with Crippen molar-refractivity contribution in [1.82, 2.24) is 4.90 Å². The SMILES string of the molecule is CC(O)N(C(C)O)C(C)O.CCCCCCCCCCCC(=O)OC(=O)CC[C@H](N)C(=O)O. The van der Waals surface area contributed by atoms with Gasteiger partial charge in [-0.15, -0.1) is 0 Å². The molecule has 10 heteroatoms. The number of carboxylic acid groups (broad SMARTS) is 1. The van der Waals surface area contributed by atoms with Crippen molar-refractivity contribution in [3.05, 3.63) is 0 Å². The highest BCUT2D eigenvalue weighted by Crippen LogP contribution is 2.11. The number of carbonyl (C=O) groups excluding carboxylic acids is 2. The molecule has 0 aromatic rings. The summed E-state index contributed by atoms with van der Waals surface area (Å²) in [6.07, 6.45) is 7.89. The zero-order valence-electron chi connectivity index (χ0n) is 20.7. The van der Waals surface area contributed by atoms with Crippen molar-refractivity contribution in [1.29, 1.82) is 0 Å². The van der Waals surface area contributed by atoms with E-state index in [1.165, 1.54) is 64.2 Å². The lowest BCUT2D eigenvalue weighted by Gasteiger charge is -2.30. The molecule has 0 saturated heterocycles. The van der Waals surface area contributed by atoms with Crippen LogP contribution in [0.1, 0.15) is 105 Å². The summed E-state index contributed by atoms with van der Waals surface area (Å²) >= 11 is 0. The van der Waals surface area contributed by atoms with E-state index in [1.807, 2.05) is 0 Å². The smallest absolute Gasteiger partial charge is 0.320 e. The van der Waals surface area contributed by atoms with Gasteiger partial charge in [0.05, 0.1) is 0 Å². The van der Waals surface area contributed by atoms with E-state index in [0.29, 0.717) is 0 Å². The van der Waals surface area contributed by atoms with Crippen LogP contribution in [-0.4, -0.2) is 68.0 Å². The lowest BCUT2D eigenvalue weighted by atomic mass is 10.1. The summed E-state index contributed by atoms with van der Waals surface area (Å²) in [4.78, 5) is 34.5. The number of nitrogens with zero attached hydrogens (tertiary/aromatic N) is 1. The number of nitrogens with two attached hydrogens (primary N) is 1. The molecule has 4 atom stereocenters. The number of carbonyl (C=O) groups is 3. The molecule has 6 N–H and O–H groups in total.